The molecule has 84 valence electrons. The molecule has 0 aromatic carbocycles. The Kier molecular flexibility index (Phi) is 9.88. The summed E-state index contributed by atoms with van der Waals surface area (Å²) in [6.45, 7) is 0.440. The molecule has 6 nitrogen and oxygen atoms in total. The predicted octanol–water partition coefficient (Wildman–Crippen LogP) is -0.757. The molecule has 0 spiro atoms. The van der Waals surface area contributed by atoms with Gasteiger partial charge in [0.25, 0.3) is 0 Å². The minimum Gasteiger partial charge on any atom is -0.394 e. The standard InChI is InChI=1S/C8H16O6/c9-3-6-12-5-1-2-8(11)14-13-7-4-10/h9-10H,1-7H2. The van der Waals surface area contributed by atoms with E-state index in [9.17, 15) is 4.79 Å². The molecule has 0 heterocycles. The van der Waals surface area contributed by atoms with Crippen LogP contribution in [0, 0.1) is 0 Å². The lowest BCUT2D eigenvalue weighted by Gasteiger charge is -2.02. The van der Waals surface area contributed by atoms with E-state index in [0.29, 0.717) is 13.0 Å². The zero-order chi connectivity index (χ0) is 10.6. The average molecular weight is 208 g/mol. The van der Waals surface area contributed by atoms with Crippen LogP contribution in [-0.2, 0) is 19.3 Å². The first-order chi connectivity index (χ1) is 6.81. The molecule has 14 heavy (non-hydrogen) atoms. The van der Waals surface area contributed by atoms with E-state index in [2.05, 4.69) is 9.78 Å². The third-order valence-corrected chi connectivity index (χ3v) is 1.23. The highest BCUT2D eigenvalue weighted by atomic mass is 17.2. The predicted molar refractivity (Wildman–Crippen MR) is 46.3 cm³/mol. The molecular weight excluding hydrogens is 192 g/mol. The molecule has 6 heteroatoms. The second-order valence-corrected chi connectivity index (χ2v) is 2.44. The number of aliphatic hydroxyl groups excluding tert-OH is 2. The topological polar surface area (TPSA) is 85.2 Å². The molecule has 0 aromatic rings. The van der Waals surface area contributed by atoms with Gasteiger partial charge in [-0.25, -0.2) is 4.79 Å². The van der Waals surface area contributed by atoms with Gasteiger partial charge in [-0.2, -0.15) is 4.89 Å². The van der Waals surface area contributed by atoms with Crippen LogP contribution in [0.1, 0.15) is 12.8 Å². The number of ether oxygens (including phenoxy) is 1. The third kappa shape index (κ3) is 9.40. The normalized spacial score (nSPS) is 10.1. The quantitative estimate of drug-likeness (QED) is 0.294. The van der Waals surface area contributed by atoms with Crippen molar-refractivity contribution in [1.82, 2.24) is 0 Å². The van der Waals surface area contributed by atoms with Gasteiger partial charge in [-0.1, -0.05) is 0 Å². The van der Waals surface area contributed by atoms with E-state index in [1.165, 1.54) is 0 Å². The van der Waals surface area contributed by atoms with Crippen LogP contribution in [0.4, 0.5) is 0 Å². The van der Waals surface area contributed by atoms with Crippen molar-refractivity contribution in [3.63, 3.8) is 0 Å². The highest BCUT2D eigenvalue weighted by Gasteiger charge is 2.03. The first-order valence-corrected chi connectivity index (χ1v) is 4.43. The number of carbonyl (C=O) groups excluding carboxylic acids is 1. The number of hydrogen-bond donors (Lipinski definition) is 2. The van der Waals surface area contributed by atoms with Gasteiger partial charge in [0.2, 0.25) is 0 Å². The van der Waals surface area contributed by atoms with Crippen molar-refractivity contribution in [3.05, 3.63) is 0 Å². The maximum atomic E-state index is 10.8. The fraction of sp³-hybridized carbons (Fsp3) is 0.875. The van der Waals surface area contributed by atoms with E-state index in [1.54, 1.807) is 0 Å². The second-order valence-electron chi connectivity index (χ2n) is 2.44. The smallest absolute Gasteiger partial charge is 0.342 e. The monoisotopic (exact) mass is 208 g/mol. The lowest BCUT2D eigenvalue weighted by Crippen LogP contribution is -2.09. The fourth-order valence-electron chi connectivity index (χ4n) is 0.672. The van der Waals surface area contributed by atoms with Crippen LogP contribution in [0.3, 0.4) is 0 Å². The zero-order valence-electron chi connectivity index (χ0n) is 7.98. The summed E-state index contributed by atoms with van der Waals surface area (Å²) in [6, 6.07) is 0. The van der Waals surface area contributed by atoms with E-state index in [-0.39, 0.29) is 32.8 Å². The van der Waals surface area contributed by atoms with Crippen LogP contribution in [0.5, 0.6) is 0 Å². The first kappa shape index (κ1) is 13.3. The van der Waals surface area contributed by atoms with E-state index in [0.717, 1.165) is 0 Å². The highest BCUT2D eigenvalue weighted by molar-refractivity contribution is 5.68. The zero-order valence-corrected chi connectivity index (χ0v) is 7.98. The summed E-state index contributed by atoms with van der Waals surface area (Å²) in [5.41, 5.74) is 0. The lowest BCUT2D eigenvalue weighted by atomic mass is 10.3. The van der Waals surface area contributed by atoms with Crippen molar-refractivity contribution in [1.29, 1.82) is 0 Å². The fourth-order valence-corrected chi connectivity index (χ4v) is 0.672. The molecule has 0 rings (SSSR count). The van der Waals surface area contributed by atoms with Crippen LogP contribution in [0.15, 0.2) is 0 Å². The van der Waals surface area contributed by atoms with E-state index < -0.39 is 5.97 Å². The molecule has 0 aromatic heterocycles. The van der Waals surface area contributed by atoms with Gasteiger partial charge < -0.3 is 14.9 Å². The Morgan fingerprint density at radius 3 is 2.43 bits per heavy atom. The summed E-state index contributed by atoms with van der Waals surface area (Å²) in [5.74, 6) is -0.494. The average Bonchev–Trinajstić information content (AvgIpc) is 2.18. The number of aliphatic hydroxyl groups is 2. The molecule has 0 atom stereocenters. The molecule has 0 aliphatic heterocycles. The molecule has 0 radical (unpaired) electrons. The van der Waals surface area contributed by atoms with Crippen LogP contribution >= 0.6 is 0 Å². The minimum absolute atomic E-state index is 0.0211. The van der Waals surface area contributed by atoms with Crippen molar-refractivity contribution < 1.29 is 29.5 Å². The summed E-state index contributed by atoms with van der Waals surface area (Å²) in [4.78, 5) is 19.4. The molecule has 0 fully saturated rings. The van der Waals surface area contributed by atoms with E-state index in [1.807, 2.05) is 0 Å². The lowest BCUT2D eigenvalue weighted by molar-refractivity contribution is -0.275. The summed E-state index contributed by atoms with van der Waals surface area (Å²) in [5, 5.41) is 16.7. The number of carbonyl (C=O) groups is 1. The SMILES string of the molecule is O=C(CCCOCCO)OOCCO. The summed E-state index contributed by atoms with van der Waals surface area (Å²) < 4.78 is 4.92. The second kappa shape index (κ2) is 10.4. The van der Waals surface area contributed by atoms with Gasteiger partial charge in [0, 0.05) is 6.61 Å². The number of rotatable bonds is 9. The van der Waals surface area contributed by atoms with Crippen molar-refractivity contribution in [2.45, 2.75) is 12.8 Å². The Morgan fingerprint density at radius 1 is 1.07 bits per heavy atom. The van der Waals surface area contributed by atoms with Crippen LogP contribution < -0.4 is 0 Å². The molecule has 0 unspecified atom stereocenters. The largest absolute Gasteiger partial charge is 0.394 e. The van der Waals surface area contributed by atoms with Gasteiger partial charge in [0.1, 0.15) is 6.61 Å². The van der Waals surface area contributed by atoms with Crippen LogP contribution in [0.2, 0.25) is 0 Å². The van der Waals surface area contributed by atoms with Gasteiger partial charge in [0.15, 0.2) is 0 Å². The van der Waals surface area contributed by atoms with Crippen LogP contribution in [0.25, 0.3) is 0 Å². The minimum atomic E-state index is -0.494. The molecule has 0 bridgehead atoms. The van der Waals surface area contributed by atoms with Gasteiger partial charge in [-0.15, -0.1) is 0 Å². The van der Waals surface area contributed by atoms with Gasteiger partial charge in [-0.05, 0) is 6.42 Å². The van der Waals surface area contributed by atoms with E-state index >= 15 is 0 Å². The summed E-state index contributed by atoms with van der Waals surface area (Å²) in [6.07, 6.45) is 0.707. The molecular formula is C8H16O6. The molecule has 0 aliphatic carbocycles. The maximum absolute atomic E-state index is 10.8. The first-order valence-electron chi connectivity index (χ1n) is 4.43. The molecule has 0 saturated heterocycles. The Morgan fingerprint density at radius 2 is 1.79 bits per heavy atom. The van der Waals surface area contributed by atoms with Crippen molar-refractivity contribution in [2.75, 3.05) is 33.0 Å². The Labute approximate surface area is 82.3 Å². The van der Waals surface area contributed by atoms with Gasteiger partial charge in [0.05, 0.1) is 26.2 Å². The Balaban J connectivity index is 3.10. The van der Waals surface area contributed by atoms with Crippen LogP contribution in [-0.4, -0.2) is 49.2 Å². The molecule has 0 amide bonds. The molecule has 0 saturated carbocycles. The highest BCUT2D eigenvalue weighted by Crippen LogP contribution is 1.94. The van der Waals surface area contributed by atoms with Crippen molar-refractivity contribution >= 4 is 5.97 Å². The Bertz CT molecular complexity index is 138. The maximum Gasteiger partial charge on any atom is 0.342 e. The molecule has 2 N–H and O–H groups in total. The summed E-state index contributed by atoms with van der Waals surface area (Å²) >= 11 is 0. The van der Waals surface area contributed by atoms with E-state index in [4.69, 9.17) is 14.9 Å². The Hall–Kier alpha value is -0.690. The van der Waals surface area contributed by atoms with Gasteiger partial charge in [-0.3, -0.25) is 4.89 Å². The van der Waals surface area contributed by atoms with Gasteiger partial charge >= 0.3 is 5.97 Å². The van der Waals surface area contributed by atoms with Crippen molar-refractivity contribution in [2.24, 2.45) is 0 Å². The summed E-state index contributed by atoms with van der Waals surface area (Å²) in [7, 11) is 0. The third-order valence-electron chi connectivity index (χ3n) is 1.23. The van der Waals surface area contributed by atoms with Crippen molar-refractivity contribution in [3.8, 4) is 0 Å². The molecule has 0 aliphatic rings. The number of hydrogen-bond acceptors (Lipinski definition) is 6.